The van der Waals surface area contributed by atoms with Crippen LogP contribution in [-0.2, 0) is 4.74 Å². The van der Waals surface area contributed by atoms with Gasteiger partial charge in [-0.25, -0.2) is 4.79 Å². The summed E-state index contributed by atoms with van der Waals surface area (Å²) in [6, 6.07) is 6.20. The van der Waals surface area contributed by atoms with E-state index in [-0.39, 0.29) is 5.84 Å². The highest BCUT2D eigenvalue weighted by Crippen LogP contribution is 2.24. The van der Waals surface area contributed by atoms with E-state index in [0.29, 0.717) is 11.3 Å². The number of carbonyl (C=O) groups excluding carboxylic acids is 1. The summed E-state index contributed by atoms with van der Waals surface area (Å²) in [5.74, 6) is 0.556. The van der Waals surface area contributed by atoms with E-state index in [1.807, 2.05) is 0 Å². The lowest BCUT2D eigenvalue weighted by Crippen LogP contribution is -2.42. The Bertz CT molecular complexity index is 535. The first kappa shape index (κ1) is 17.6. The number of hydrogen-bond donors (Lipinski definition) is 2. The molecule has 1 amide bonds. The lowest BCUT2D eigenvalue weighted by atomic mass is 10.0. The number of rotatable bonds is 4. The van der Waals surface area contributed by atoms with Gasteiger partial charge in [0, 0.05) is 7.05 Å². The molecular formula is C15H23N3O4. The summed E-state index contributed by atoms with van der Waals surface area (Å²) in [6.45, 7) is 5.31. The number of hydrogen-bond acceptors (Lipinski definition) is 5. The standard InChI is InChI=1S/C15H23N3O4/c1-15(2,3)22-14(19)18(4)12(13(16)17-20)10-6-8-11(21-5)9-7-10/h6-9,12,20H,1-5H3,(H2,16,17). The van der Waals surface area contributed by atoms with Crippen molar-refractivity contribution in [2.45, 2.75) is 32.4 Å². The molecule has 0 spiro atoms. The Kier molecular flexibility index (Phi) is 5.62. The lowest BCUT2D eigenvalue weighted by Gasteiger charge is -2.30. The van der Waals surface area contributed by atoms with Crippen molar-refractivity contribution < 1.29 is 19.5 Å². The minimum Gasteiger partial charge on any atom is -0.497 e. The minimum absolute atomic E-state index is 0.112. The first-order valence-electron chi connectivity index (χ1n) is 6.76. The van der Waals surface area contributed by atoms with E-state index in [1.54, 1.807) is 52.1 Å². The van der Waals surface area contributed by atoms with Gasteiger partial charge in [0.25, 0.3) is 0 Å². The van der Waals surface area contributed by atoms with Crippen LogP contribution in [0.3, 0.4) is 0 Å². The highest BCUT2D eigenvalue weighted by molar-refractivity contribution is 5.89. The van der Waals surface area contributed by atoms with Crippen LogP contribution in [0.1, 0.15) is 32.4 Å². The molecule has 7 nitrogen and oxygen atoms in total. The maximum Gasteiger partial charge on any atom is 0.410 e. The summed E-state index contributed by atoms with van der Waals surface area (Å²) in [5, 5.41) is 12.0. The Morgan fingerprint density at radius 2 is 1.86 bits per heavy atom. The molecule has 0 fully saturated rings. The third-order valence-electron chi connectivity index (χ3n) is 2.90. The summed E-state index contributed by atoms with van der Waals surface area (Å²) < 4.78 is 10.4. The fourth-order valence-corrected chi connectivity index (χ4v) is 1.87. The van der Waals surface area contributed by atoms with Gasteiger partial charge in [0.1, 0.15) is 17.4 Å². The molecule has 0 aliphatic heterocycles. The van der Waals surface area contributed by atoms with Crippen LogP contribution in [-0.4, -0.2) is 41.8 Å². The second-order valence-electron chi connectivity index (χ2n) is 5.79. The molecule has 1 aromatic carbocycles. The molecule has 7 heteroatoms. The Hall–Kier alpha value is -2.44. The molecule has 0 radical (unpaired) electrons. The quantitative estimate of drug-likeness (QED) is 0.385. The highest BCUT2D eigenvalue weighted by Gasteiger charge is 2.29. The summed E-state index contributed by atoms with van der Waals surface area (Å²) >= 11 is 0. The van der Waals surface area contributed by atoms with Gasteiger partial charge >= 0.3 is 6.09 Å². The van der Waals surface area contributed by atoms with E-state index in [0.717, 1.165) is 0 Å². The van der Waals surface area contributed by atoms with Gasteiger partial charge in [0.2, 0.25) is 0 Å². The van der Waals surface area contributed by atoms with Gasteiger partial charge in [-0.05, 0) is 38.5 Å². The summed E-state index contributed by atoms with van der Waals surface area (Å²) in [4.78, 5) is 13.5. The fourth-order valence-electron chi connectivity index (χ4n) is 1.87. The second kappa shape index (κ2) is 7.02. The molecule has 0 bridgehead atoms. The Balaban J connectivity index is 3.09. The van der Waals surface area contributed by atoms with Crippen molar-refractivity contribution in [2.24, 2.45) is 10.9 Å². The molecule has 122 valence electrons. The molecule has 22 heavy (non-hydrogen) atoms. The van der Waals surface area contributed by atoms with Gasteiger partial charge < -0.3 is 20.4 Å². The molecule has 0 aliphatic carbocycles. The van der Waals surface area contributed by atoms with E-state index in [4.69, 9.17) is 20.4 Å². The summed E-state index contributed by atoms with van der Waals surface area (Å²) in [7, 11) is 3.09. The number of nitrogens with zero attached hydrogens (tertiary/aromatic N) is 2. The molecule has 0 heterocycles. The maximum absolute atomic E-state index is 12.2. The third kappa shape index (κ3) is 4.54. The van der Waals surface area contributed by atoms with Crippen molar-refractivity contribution >= 4 is 11.9 Å². The molecule has 0 saturated heterocycles. The number of likely N-dealkylation sites (N-methyl/N-ethyl adjacent to an activating group) is 1. The van der Waals surface area contributed by atoms with Crippen LogP contribution in [0.5, 0.6) is 5.75 Å². The molecule has 3 N–H and O–H groups in total. The van der Waals surface area contributed by atoms with Crippen LogP contribution in [0.25, 0.3) is 0 Å². The van der Waals surface area contributed by atoms with Crippen LogP contribution >= 0.6 is 0 Å². The van der Waals surface area contributed by atoms with Crippen LogP contribution in [0.2, 0.25) is 0 Å². The largest absolute Gasteiger partial charge is 0.497 e. The van der Waals surface area contributed by atoms with E-state index in [1.165, 1.54) is 11.9 Å². The van der Waals surface area contributed by atoms with Gasteiger partial charge in [-0.15, -0.1) is 0 Å². The van der Waals surface area contributed by atoms with E-state index in [9.17, 15) is 4.79 Å². The first-order valence-corrected chi connectivity index (χ1v) is 6.76. The maximum atomic E-state index is 12.2. The van der Waals surface area contributed by atoms with Crippen molar-refractivity contribution in [3.05, 3.63) is 29.8 Å². The number of carbonyl (C=O) groups is 1. The zero-order chi connectivity index (χ0) is 16.9. The zero-order valence-corrected chi connectivity index (χ0v) is 13.5. The van der Waals surface area contributed by atoms with Crippen LogP contribution in [0.15, 0.2) is 29.4 Å². The molecule has 1 aromatic rings. The monoisotopic (exact) mass is 309 g/mol. The van der Waals surface area contributed by atoms with Crippen LogP contribution in [0, 0.1) is 0 Å². The van der Waals surface area contributed by atoms with E-state index in [2.05, 4.69) is 5.16 Å². The van der Waals surface area contributed by atoms with Crippen molar-refractivity contribution in [3.8, 4) is 5.75 Å². The summed E-state index contributed by atoms with van der Waals surface area (Å²) in [6.07, 6.45) is -0.570. The van der Waals surface area contributed by atoms with Crippen molar-refractivity contribution in [1.29, 1.82) is 0 Å². The molecular weight excluding hydrogens is 286 g/mol. The normalized spacial score (nSPS) is 13.4. The summed E-state index contributed by atoms with van der Waals surface area (Å²) in [5.41, 5.74) is 5.77. The molecule has 0 aromatic heterocycles. The Morgan fingerprint density at radius 1 is 1.32 bits per heavy atom. The first-order chi connectivity index (χ1) is 10.2. The Morgan fingerprint density at radius 3 is 2.27 bits per heavy atom. The van der Waals surface area contributed by atoms with Gasteiger partial charge in [-0.3, -0.25) is 4.90 Å². The molecule has 0 aliphatic rings. The number of methoxy groups -OCH3 is 1. The topological polar surface area (TPSA) is 97.4 Å². The van der Waals surface area contributed by atoms with Gasteiger partial charge in [0.05, 0.1) is 7.11 Å². The van der Waals surface area contributed by atoms with Crippen molar-refractivity contribution in [1.82, 2.24) is 4.90 Å². The van der Waals surface area contributed by atoms with Crippen LogP contribution in [0.4, 0.5) is 4.79 Å². The second-order valence-corrected chi connectivity index (χ2v) is 5.79. The SMILES string of the molecule is COc1ccc(C(/C(N)=N/O)N(C)C(=O)OC(C)(C)C)cc1. The predicted octanol–water partition coefficient (Wildman–Crippen LogP) is 2.35. The third-order valence-corrected chi connectivity index (χ3v) is 2.90. The zero-order valence-electron chi connectivity index (χ0n) is 13.5. The molecule has 0 saturated carbocycles. The average Bonchev–Trinajstić information content (AvgIpc) is 2.46. The number of amidine groups is 1. The lowest BCUT2D eigenvalue weighted by molar-refractivity contribution is 0.0263. The number of oxime groups is 1. The number of ether oxygens (including phenoxy) is 2. The smallest absolute Gasteiger partial charge is 0.410 e. The van der Waals surface area contributed by atoms with Gasteiger partial charge in [-0.1, -0.05) is 17.3 Å². The van der Waals surface area contributed by atoms with E-state index >= 15 is 0 Å². The van der Waals surface area contributed by atoms with Gasteiger partial charge in [-0.2, -0.15) is 0 Å². The number of benzene rings is 1. The van der Waals surface area contributed by atoms with Gasteiger partial charge in [0.15, 0.2) is 5.84 Å². The molecule has 1 rings (SSSR count). The Labute approximate surface area is 130 Å². The average molecular weight is 309 g/mol. The molecule has 1 atom stereocenters. The van der Waals surface area contributed by atoms with E-state index < -0.39 is 17.7 Å². The van der Waals surface area contributed by atoms with Crippen molar-refractivity contribution in [3.63, 3.8) is 0 Å². The molecule has 1 unspecified atom stereocenters. The minimum atomic E-state index is -0.745. The fraction of sp³-hybridized carbons (Fsp3) is 0.467. The predicted molar refractivity (Wildman–Crippen MR) is 83.1 cm³/mol. The number of nitrogens with two attached hydrogens (primary N) is 1. The van der Waals surface area contributed by atoms with Crippen LogP contribution < -0.4 is 10.5 Å². The number of amides is 1. The highest BCUT2D eigenvalue weighted by atomic mass is 16.6. The van der Waals surface area contributed by atoms with Crippen molar-refractivity contribution in [2.75, 3.05) is 14.2 Å².